The van der Waals surface area contributed by atoms with Crippen molar-refractivity contribution in [1.29, 1.82) is 5.26 Å². The largest absolute Gasteiger partial charge is 0.462 e. The van der Waals surface area contributed by atoms with Crippen LogP contribution < -0.4 is 0 Å². The van der Waals surface area contributed by atoms with Crippen LogP contribution in [-0.2, 0) is 4.74 Å². The molecule has 0 fully saturated rings. The van der Waals surface area contributed by atoms with E-state index < -0.39 is 5.97 Å². The Kier molecular flexibility index (Phi) is 5.86. The van der Waals surface area contributed by atoms with Crippen molar-refractivity contribution in [2.45, 2.75) is 26.7 Å². The molecule has 0 aliphatic rings. The number of ether oxygens (including phenoxy) is 1. The summed E-state index contributed by atoms with van der Waals surface area (Å²) in [6.45, 7) is 3.96. The van der Waals surface area contributed by atoms with Gasteiger partial charge in [0.2, 0.25) is 0 Å². The summed E-state index contributed by atoms with van der Waals surface area (Å²) in [6, 6.07) is 14.3. The molecule has 2 aromatic carbocycles. The summed E-state index contributed by atoms with van der Waals surface area (Å²) in [4.78, 5) is 25.1. The van der Waals surface area contributed by atoms with E-state index in [4.69, 9.17) is 10.00 Å². The van der Waals surface area contributed by atoms with Crippen LogP contribution in [0.3, 0.4) is 0 Å². The van der Waals surface area contributed by atoms with E-state index in [-0.39, 0.29) is 18.0 Å². The Hall–Kier alpha value is -2.93. The molecular weight excluding hydrogens is 302 g/mol. The Labute approximate surface area is 141 Å². The van der Waals surface area contributed by atoms with Crippen molar-refractivity contribution < 1.29 is 14.3 Å². The SMILES string of the molecule is Cc1ccc(C)c(C(=O)c2ccccc2C(=O)OCCCC#N)c1. The first kappa shape index (κ1) is 17.4. The molecule has 0 atom stereocenters. The number of nitriles is 1. The highest BCUT2D eigenvalue weighted by molar-refractivity contribution is 6.15. The second kappa shape index (κ2) is 8.07. The van der Waals surface area contributed by atoms with Crippen LogP contribution in [-0.4, -0.2) is 18.4 Å². The molecule has 0 aliphatic heterocycles. The number of rotatable bonds is 6. The molecule has 0 heterocycles. The van der Waals surface area contributed by atoms with Gasteiger partial charge >= 0.3 is 5.97 Å². The summed E-state index contributed by atoms with van der Waals surface area (Å²) < 4.78 is 5.17. The normalized spacial score (nSPS) is 10.0. The Morgan fingerprint density at radius 3 is 2.46 bits per heavy atom. The maximum absolute atomic E-state index is 12.9. The first-order valence-electron chi connectivity index (χ1n) is 7.79. The number of ketones is 1. The predicted molar refractivity (Wildman–Crippen MR) is 90.9 cm³/mol. The van der Waals surface area contributed by atoms with Crippen LogP contribution in [0.15, 0.2) is 42.5 Å². The van der Waals surface area contributed by atoms with Crippen LogP contribution in [0, 0.1) is 25.2 Å². The molecule has 24 heavy (non-hydrogen) atoms. The number of carbonyl (C=O) groups is 2. The Balaban J connectivity index is 2.28. The second-order valence-electron chi connectivity index (χ2n) is 5.59. The fourth-order valence-electron chi connectivity index (χ4n) is 2.38. The highest BCUT2D eigenvalue weighted by Crippen LogP contribution is 2.19. The molecular formula is C20H19NO3. The van der Waals surface area contributed by atoms with E-state index in [1.165, 1.54) is 0 Å². The van der Waals surface area contributed by atoms with Crippen molar-refractivity contribution in [3.05, 3.63) is 70.3 Å². The van der Waals surface area contributed by atoms with Crippen LogP contribution in [0.2, 0.25) is 0 Å². The minimum absolute atomic E-state index is 0.165. The number of aryl methyl sites for hydroxylation is 2. The average molecular weight is 321 g/mol. The highest BCUT2D eigenvalue weighted by Gasteiger charge is 2.20. The minimum atomic E-state index is -0.540. The Morgan fingerprint density at radius 1 is 1.04 bits per heavy atom. The maximum atomic E-state index is 12.9. The zero-order valence-electron chi connectivity index (χ0n) is 13.8. The van der Waals surface area contributed by atoms with Gasteiger partial charge in [0, 0.05) is 17.5 Å². The summed E-state index contributed by atoms with van der Waals surface area (Å²) in [5, 5.41) is 8.50. The molecule has 0 aromatic heterocycles. The average Bonchev–Trinajstić information content (AvgIpc) is 2.60. The molecule has 0 amide bonds. The number of nitrogens with zero attached hydrogens (tertiary/aromatic N) is 1. The second-order valence-corrected chi connectivity index (χ2v) is 5.59. The number of unbranched alkanes of at least 4 members (excludes halogenated alkanes) is 1. The van der Waals surface area contributed by atoms with Gasteiger partial charge in [0.25, 0.3) is 0 Å². The van der Waals surface area contributed by atoms with E-state index in [0.717, 1.165) is 11.1 Å². The monoisotopic (exact) mass is 321 g/mol. The van der Waals surface area contributed by atoms with Gasteiger partial charge in [-0.05, 0) is 38.0 Å². The van der Waals surface area contributed by atoms with Gasteiger partial charge in [0.15, 0.2) is 5.78 Å². The van der Waals surface area contributed by atoms with Gasteiger partial charge < -0.3 is 4.74 Å². The van der Waals surface area contributed by atoms with Crippen LogP contribution >= 0.6 is 0 Å². The molecule has 0 N–H and O–H groups in total. The summed E-state index contributed by atoms with van der Waals surface area (Å²) in [7, 11) is 0. The lowest BCUT2D eigenvalue weighted by Crippen LogP contribution is -2.14. The van der Waals surface area contributed by atoms with Crippen molar-refractivity contribution in [3.63, 3.8) is 0 Å². The molecule has 4 nitrogen and oxygen atoms in total. The van der Waals surface area contributed by atoms with Gasteiger partial charge in [-0.25, -0.2) is 4.79 Å². The van der Waals surface area contributed by atoms with E-state index in [1.807, 2.05) is 38.1 Å². The Morgan fingerprint density at radius 2 is 1.75 bits per heavy atom. The van der Waals surface area contributed by atoms with Crippen LogP contribution in [0.25, 0.3) is 0 Å². The quantitative estimate of drug-likeness (QED) is 0.458. The van der Waals surface area contributed by atoms with Crippen molar-refractivity contribution >= 4 is 11.8 Å². The minimum Gasteiger partial charge on any atom is -0.462 e. The summed E-state index contributed by atoms with van der Waals surface area (Å²) in [5.74, 6) is -0.733. The first-order valence-corrected chi connectivity index (χ1v) is 7.79. The molecule has 0 unspecified atom stereocenters. The molecule has 0 bridgehead atoms. The molecule has 122 valence electrons. The third-order valence-corrected chi connectivity index (χ3v) is 3.70. The van der Waals surface area contributed by atoms with Crippen LogP contribution in [0.1, 0.15) is 50.2 Å². The first-order chi connectivity index (χ1) is 11.5. The number of benzene rings is 2. The highest BCUT2D eigenvalue weighted by atomic mass is 16.5. The zero-order valence-corrected chi connectivity index (χ0v) is 13.8. The van der Waals surface area contributed by atoms with Gasteiger partial charge in [-0.1, -0.05) is 35.9 Å². The van der Waals surface area contributed by atoms with Crippen LogP contribution in [0.5, 0.6) is 0 Å². The standard InChI is InChI=1S/C20H19NO3/c1-14-9-10-15(2)18(13-14)19(22)16-7-3-4-8-17(16)20(23)24-12-6-5-11-21/h3-4,7-10,13H,5-6,12H2,1-2H3. The lowest BCUT2D eigenvalue weighted by molar-refractivity contribution is 0.0499. The number of esters is 1. The molecule has 2 rings (SSSR count). The summed E-state index contributed by atoms with van der Waals surface area (Å²) >= 11 is 0. The van der Waals surface area contributed by atoms with Crippen molar-refractivity contribution in [2.24, 2.45) is 0 Å². The van der Waals surface area contributed by atoms with E-state index >= 15 is 0 Å². The van der Waals surface area contributed by atoms with Gasteiger partial charge in [-0.2, -0.15) is 5.26 Å². The van der Waals surface area contributed by atoms with Crippen molar-refractivity contribution in [3.8, 4) is 6.07 Å². The lowest BCUT2D eigenvalue weighted by Gasteiger charge is -2.11. The molecule has 0 spiro atoms. The van der Waals surface area contributed by atoms with Crippen LogP contribution in [0.4, 0.5) is 0 Å². The molecule has 0 aliphatic carbocycles. The van der Waals surface area contributed by atoms with Crippen molar-refractivity contribution in [2.75, 3.05) is 6.61 Å². The fourth-order valence-corrected chi connectivity index (χ4v) is 2.38. The third kappa shape index (κ3) is 4.08. The maximum Gasteiger partial charge on any atom is 0.338 e. The van der Waals surface area contributed by atoms with E-state index in [1.54, 1.807) is 24.3 Å². The Bertz CT molecular complexity index is 803. The number of hydrogen-bond acceptors (Lipinski definition) is 4. The summed E-state index contributed by atoms with van der Waals surface area (Å²) in [6.07, 6.45) is 0.811. The number of carbonyl (C=O) groups excluding carboxylic acids is 2. The van der Waals surface area contributed by atoms with E-state index in [0.29, 0.717) is 24.0 Å². The molecule has 4 heteroatoms. The third-order valence-electron chi connectivity index (χ3n) is 3.70. The molecule has 0 saturated heterocycles. The molecule has 2 aromatic rings. The van der Waals surface area contributed by atoms with Gasteiger partial charge in [0.05, 0.1) is 18.2 Å². The molecule has 0 saturated carbocycles. The van der Waals surface area contributed by atoms with E-state index in [9.17, 15) is 9.59 Å². The predicted octanol–water partition coefficient (Wildman–Crippen LogP) is 4.00. The smallest absolute Gasteiger partial charge is 0.338 e. The van der Waals surface area contributed by atoms with Crippen molar-refractivity contribution in [1.82, 2.24) is 0 Å². The van der Waals surface area contributed by atoms with E-state index in [2.05, 4.69) is 0 Å². The summed E-state index contributed by atoms with van der Waals surface area (Å²) in [5.41, 5.74) is 3.01. The zero-order chi connectivity index (χ0) is 17.5. The number of hydrogen-bond donors (Lipinski definition) is 0. The fraction of sp³-hybridized carbons (Fsp3) is 0.250. The molecule has 0 radical (unpaired) electrons. The van der Waals surface area contributed by atoms with Gasteiger partial charge in [-0.3, -0.25) is 4.79 Å². The lowest BCUT2D eigenvalue weighted by atomic mass is 9.94. The topological polar surface area (TPSA) is 67.2 Å². The van der Waals surface area contributed by atoms with Gasteiger partial charge in [-0.15, -0.1) is 0 Å². The van der Waals surface area contributed by atoms with Gasteiger partial charge in [0.1, 0.15) is 0 Å².